The van der Waals surface area contributed by atoms with Gasteiger partial charge < -0.3 is 4.98 Å². The molecule has 0 radical (unpaired) electrons. The fourth-order valence-electron chi connectivity index (χ4n) is 2.12. The van der Waals surface area contributed by atoms with Gasteiger partial charge in [-0.2, -0.15) is 0 Å². The summed E-state index contributed by atoms with van der Waals surface area (Å²) in [7, 11) is 0. The van der Waals surface area contributed by atoms with Crippen molar-refractivity contribution in [2.45, 2.75) is 13.5 Å². The third kappa shape index (κ3) is 2.32. The Labute approximate surface area is 125 Å². The van der Waals surface area contributed by atoms with Crippen LogP contribution in [-0.4, -0.2) is 14.5 Å². The van der Waals surface area contributed by atoms with Gasteiger partial charge in [0.05, 0.1) is 22.0 Å². The van der Waals surface area contributed by atoms with Gasteiger partial charge in [-0.25, -0.2) is 4.98 Å². The first-order valence-electron chi connectivity index (χ1n) is 6.03. The molecule has 0 bridgehead atoms. The average Bonchev–Trinajstić information content (AvgIpc) is 2.79. The number of nitrogens with one attached hydrogen (secondary N) is 1. The number of aryl methyl sites for hydroxylation is 1. The monoisotopic (exact) mass is 307 g/mol. The van der Waals surface area contributed by atoms with Crippen molar-refractivity contribution in [2.24, 2.45) is 0 Å². The summed E-state index contributed by atoms with van der Waals surface area (Å²) in [4.78, 5) is 19.6. The summed E-state index contributed by atoms with van der Waals surface area (Å²) in [5, 5.41) is 1.56. The van der Waals surface area contributed by atoms with E-state index in [-0.39, 0.29) is 5.56 Å². The van der Waals surface area contributed by atoms with E-state index in [1.54, 1.807) is 22.8 Å². The van der Waals surface area contributed by atoms with Gasteiger partial charge in [-0.1, -0.05) is 29.3 Å². The number of fused-ring (bicyclic) bond motifs is 1. The molecule has 0 aliphatic carbocycles. The summed E-state index contributed by atoms with van der Waals surface area (Å²) in [6.07, 6.45) is 1.53. The lowest BCUT2D eigenvalue weighted by Crippen LogP contribution is -2.20. The van der Waals surface area contributed by atoms with Crippen molar-refractivity contribution in [3.05, 3.63) is 62.2 Å². The van der Waals surface area contributed by atoms with E-state index in [0.717, 1.165) is 11.3 Å². The largest absolute Gasteiger partial charge is 0.343 e. The van der Waals surface area contributed by atoms with Crippen molar-refractivity contribution in [2.75, 3.05) is 0 Å². The molecular formula is C14H11Cl2N3O. The van der Waals surface area contributed by atoms with E-state index in [1.165, 1.54) is 6.33 Å². The number of H-pyrrole nitrogens is 1. The Morgan fingerprint density at radius 1 is 1.25 bits per heavy atom. The van der Waals surface area contributed by atoms with Crippen LogP contribution in [0, 0.1) is 6.92 Å². The van der Waals surface area contributed by atoms with Crippen LogP contribution in [0.5, 0.6) is 0 Å². The number of nitrogens with zero attached hydrogens (tertiary/aromatic N) is 2. The molecule has 3 rings (SSSR count). The summed E-state index contributed by atoms with van der Waals surface area (Å²) in [6.45, 7) is 2.30. The smallest absolute Gasteiger partial charge is 0.263 e. The highest BCUT2D eigenvalue weighted by atomic mass is 35.5. The maximum atomic E-state index is 12.3. The van der Waals surface area contributed by atoms with Gasteiger partial charge in [-0.05, 0) is 30.7 Å². The molecule has 0 unspecified atom stereocenters. The number of rotatable bonds is 2. The molecule has 0 saturated carbocycles. The Morgan fingerprint density at radius 2 is 2.05 bits per heavy atom. The van der Waals surface area contributed by atoms with Crippen LogP contribution in [0.25, 0.3) is 11.0 Å². The van der Waals surface area contributed by atoms with Crippen LogP contribution in [0.1, 0.15) is 11.3 Å². The molecule has 6 heteroatoms. The van der Waals surface area contributed by atoms with Crippen LogP contribution in [0.4, 0.5) is 0 Å². The molecule has 102 valence electrons. The SMILES string of the molecule is Cc1cc2c(=O)n(Cc3ccc(Cl)c(Cl)c3)cnc2[nH]1. The first-order valence-corrected chi connectivity index (χ1v) is 6.79. The van der Waals surface area contributed by atoms with Gasteiger partial charge in [0.25, 0.3) is 5.56 Å². The second-order valence-electron chi connectivity index (χ2n) is 4.64. The Kier molecular flexibility index (Phi) is 3.28. The van der Waals surface area contributed by atoms with Crippen LogP contribution >= 0.6 is 23.2 Å². The molecule has 0 amide bonds. The summed E-state index contributed by atoms with van der Waals surface area (Å²) >= 11 is 11.9. The highest BCUT2D eigenvalue weighted by Gasteiger charge is 2.07. The zero-order valence-electron chi connectivity index (χ0n) is 10.7. The molecule has 3 aromatic rings. The second kappa shape index (κ2) is 4.96. The van der Waals surface area contributed by atoms with Gasteiger partial charge in [0.15, 0.2) is 0 Å². The zero-order valence-corrected chi connectivity index (χ0v) is 12.2. The minimum atomic E-state index is -0.0783. The molecule has 2 aromatic heterocycles. The molecule has 0 aliphatic heterocycles. The highest BCUT2D eigenvalue weighted by molar-refractivity contribution is 6.42. The predicted molar refractivity (Wildman–Crippen MR) is 80.7 cm³/mol. The molecule has 1 aromatic carbocycles. The standard InChI is InChI=1S/C14H11Cl2N3O/c1-8-4-10-13(18-8)17-7-19(14(10)20)6-9-2-3-11(15)12(16)5-9/h2-5,7,18H,6H2,1H3. The van der Waals surface area contributed by atoms with Gasteiger partial charge in [-0.15, -0.1) is 0 Å². The van der Waals surface area contributed by atoms with E-state index in [4.69, 9.17) is 23.2 Å². The van der Waals surface area contributed by atoms with E-state index in [1.807, 2.05) is 13.0 Å². The molecule has 20 heavy (non-hydrogen) atoms. The maximum Gasteiger partial charge on any atom is 0.263 e. The number of aromatic amines is 1. The zero-order chi connectivity index (χ0) is 14.3. The Balaban J connectivity index is 2.04. The third-order valence-corrected chi connectivity index (χ3v) is 3.82. The van der Waals surface area contributed by atoms with Gasteiger partial charge >= 0.3 is 0 Å². The van der Waals surface area contributed by atoms with Crippen molar-refractivity contribution in [1.29, 1.82) is 0 Å². The van der Waals surface area contributed by atoms with Crippen LogP contribution in [0.3, 0.4) is 0 Å². The van der Waals surface area contributed by atoms with Crippen molar-refractivity contribution < 1.29 is 0 Å². The number of benzene rings is 1. The Morgan fingerprint density at radius 3 is 2.80 bits per heavy atom. The summed E-state index contributed by atoms with van der Waals surface area (Å²) in [6, 6.07) is 7.11. The quantitative estimate of drug-likeness (QED) is 0.789. The normalized spacial score (nSPS) is 11.2. The predicted octanol–water partition coefficient (Wildman–Crippen LogP) is 3.39. The van der Waals surface area contributed by atoms with E-state index in [2.05, 4.69) is 9.97 Å². The third-order valence-electron chi connectivity index (χ3n) is 3.09. The van der Waals surface area contributed by atoms with Crippen molar-refractivity contribution in [3.63, 3.8) is 0 Å². The summed E-state index contributed by atoms with van der Waals surface area (Å²) in [5.74, 6) is 0. The lowest BCUT2D eigenvalue weighted by Gasteiger charge is -2.06. The van der Waals surface area contributed by atoms with Crippen LogP contribution < -0.4 is 5.56 Å². The summed E-state index contributed by atoms with van der Waals surface area (Å²) < 4.78 is 1.55. The van der Waals surface area contributed by atoms with E-state index in [9.17, 15) is 4.79 Å². The molecule has 0 spiro atoms. The molecular weight excluding hydrogens is 297 g/mol. The Hall–Kier alpha value is -1.78. The van der Waals surface area contributed by atoms with Crippen LogP contribution in [-0.2, 0) is 6.54 Å². The fourth-order valence-corrected chi connectivity index (χ4v) is 2.44. The number of hydrogen-bond donors (Lipinski definition) is 1. The fraction of sp³-hybridized carbons (Fsp3) is 0.143. The minimum absolute atomic E-state index is 0.0783. The van der Waals surface area contributed by atoms with Crippen molar-refractivity contribution >= 4 is 34.2 Å². The van der Waals surface area contributed by atoms with Crippen molar-refractivity contribution in [1.82, 2.24) is 14.5 Å². The van der Waals surface area contributed by atoms with Crippen LogP contribution in [0.15, 0.2) is 35.4 Å². The number of hydrogen-bond acceptors (Lipinski definition) is 2. The lowest BCUT2D eigenvalue weighted by atomic mass is 10.2. The maximum absolute atomic E-state index is 12.3. The van der Waals surface area contributed by atoms with Crippen molar-refractivity contribution in [3.8, 4) is 0 Å². The number of aromatic nitrogens is 3. The summed E-state index contributed by atoms with van der Waals surface area (Å²) in [5.41, 5.74) is 2.34. The number of halogens is 2. The first-order chi connectivity index (χ1) is 9.54. The van der Waals surface area contributed by atoms with E-state index < -0.39 is 0 Å². The van der Waals surface area contributed by atoms with Gasteiger partial charge in [0, 0.05) is 5.69 Å². The second-order valence-corrected chi connectivity index (χ2v) is 5.46. The molecule has 4 nitrogen and oxygen atoms in total. The first kappa shape index (κ1) is 13.2. The van der Waals surface area contributed by atoms with E-state index >= 15 is 0 Å². The van der Waals surface area contributed by atoms with E-state index in [0.29, 0.717) is 27.6 Å². The molecule has 2 heterocycles. The van der Waals surface area contributed by atoms with Gasteiger partial charge in [-0.3, -0.25) is 9.36 Å². The molecule has 0 saturated heterocycles. The minimum Gasteiger partial charge on any atom is -0.343 e. The molecule has 1 N–H and O–H groups in total. The Bertz CT molecular complexity index is 851. The van der Waals surface area contributed by atoms with Crippen LogP contribution in [0.2, 0.25) is 10.0 Å². The molecule has 0 atom stereocenters. The van der Waals surface area contributed by atoms with Gasteiger partial charge in [0.2, 0.25) is 0 Å². The molecule has 0 fully saturated rings. The highest BCUT2D eigenvalue weighted by Crippen LogP contribution is 2.22. The molecule has 0 aliphatic rings. The van der Waals surface area contributed by atoms with Gasteiger partial charge in [0.1, 0.15) is 12.0 Å². The lowest BCUT2D eigenvalue weighted by molar-refractivity contribution is 0.748. The average molecular weight is 308 g/mol. The topological polar surface area (TPSA) is 50.7 Å².